The van der Waals surface area contributed by atoms with E-state index in [0.29, 0.717) is 12.1 Å². The summed E-state index contributed by atoms with van der Waals surface area (Å²) in [5.74, 6) is 1.43. The first kappa shape index (κ1) is 16.4. The van der Waals surface area contributed by atoms with Crippen molar-refractivity contribution in [2.45, 2.75) is 33.1 Å². The van der Waals surface area contributed by atoms with Gasteiger partial charge in [0.2, 0.25) is 6.79 Å². The minimum Gasteiger partial charge on any atom is -0.454 e. The lowest BCUT2D eigenvalue weighted by molar-refractivity contribution is 0.0944. The van der Waals surface area contributed by atoms with Crippen molar-refractivity contribution >= 4 is 5.91 Å². The van der Waals surface area contributed by atoms with Crippen molar-refractivity contribution in [3.8, 4) is 11.5 Å². The van der Waals surface area contributed by atoms with Crippen LogP contribution in [0.4, 0.5) is 0 Å². The Balaban J connectivity index is 1.74. The first-order valence-corrected chi connectivity index (χ1v) is 7.98. The van der Waals surface area contributed by atoms with Crippen molar-refractivity contribution in [3.05, 3.63) is 40.7 Å². The Hall–Kier alpha value is -2.50. The van der Waals surface area contributed by atoms with Crippen LogP contribution in [0.1, 0.15) is 41.2 Å². The molecular weight excluding hydrogens is 306 g/mol. The average Bonchev–Trinajstić information content (AvgIpc) is 3.09. The lowest BCUT2D eigenvalue weighted by Gasteiger charge is -2.26. The van der Waals surface area contributed by atoms with Crippen molar-refractivity contribution in [2.75, 3.05) is 13.3 Å². The number of carbonyl (C=O) groups is 1. The van der Waals surface area contributed by atoms with Gasteiger partial charge >= 0.3 is 0 Å². The average molecular weight is 329 g/mol. The van der Waals surface area contributed by atoms with Crippen LogP contribution in [-0.4, -0.2) is 29.0 Å². The Morgan fingerprint density at radius 2 is 2.00 bits per heavy atom. The number of aromatic nitrogens is 2. The molecule has 1 aromatic heterocycles. The molecule has 1 N–H and O–H groups in total. The van der Waals surface area contributed by atoms with Crippen molar-refractivity contribution in [1.29, 1.82) is 0 Å². The molecule has 1 aliphatic rings. The normalized spacial score (nSPS) is 13.2. The van der Waals surface area contributed by atoms with E-state index in [4.69, 9.17) is 9.47 Å². The van der Waals surface area contributed by atoms with Crippen LogP contribution in [0.3, 0.4) is 0 Å². The molecule has 0 aliphatic carbocycles. The highest BCUT2D eigenvalue weighted by atomic mass is 16.7. The largest absolute Gasteiger partial charge is 0.454 e. The van der Waals surface area contributed by atoms with Gasteiger partial charge in [0.25, 0.3) is 5.91 Å². The van der Waals surface area contributed by atoms with E-state index in [1.54, 1.807) is 4.68 Å². The molecule has 0 saturated heterocycles. The molecule has 0 unspecified atom stereocenters. The van der Waals surface area contributed by atoms with Crippen molar-refractivity contribution < 1.29 is 14.3 Å². The van der Waals surface area contributed by atoms with E-state index in [1.807, 2.05) is 39.1 Å². The molecule has 6 heteroatoms. The predicted octanol–water partition coefficient (Wildman–Crippen LogP) is 2.47. The van der Waals surface area contributed by atoms with Gasteiger partial charge in [0, 0.05) is 24.7 Å². The molecule has 0 radical (unpaired) electrons. The van der Waals surface area contributed by atoms with Crippen LogP contribution in [0.15, 0.2) is 18.2 Å². The molecule has 1 aromatic carbocycles. The highest BCUT2D eigenvalue weighted by molar-refractivity contribution is 5.96. The fraction of sp³-hybridized carbons (Fsp3) is 0.444. The van der Waals surface area contributed by atoms with Crippen LogP contribution in [0.2, 0.25) is 0 Å². The number of rotatable bonds is 4. The highest BCUT2D eigenvalue weighted by Gasteiger charge is 2.26. The van der Waals surface area contributed by atoms with Crippen LogP contribution in [-0.2, 0) is 12.5 Å². The number of benzene rings is 1. The van der Waals surface area contributed by atoms with Gasteiger partial charge in [0.15, 0.2) is 11.5 Å². The van der Waals surface area contributed by atoms with Crippen LogP contribution in [0, 0.1) is 13.8 Å². The SMILES string of the molecule is Cc1nn(C)c(C)c1C(=O)NCC(C)(C)c1ccc2c(c1)OCO2. The van der Waals surface area contributed by atoms with Gasteiger partial charge in [-0.2, -0.15) is 5.10 Å². The smallest absolute Gasteiger partial charge is 0.255 e. The zero-order valence-electron chi connectivity index (χ0n) is 14.8. The number of amides is 1. The molecule has 0 saturated carbocycles. The Labute approximate surface area is 141 Å². The Morgan fingerprint density at radius 1 is 1.29 bits per heavy atom. The summed E-state index contributed by atoms with van der Waals surface area (Å²) in [5, 5.41) is 7.34. The van der Waals surface area contributed by atoms with Gasteiger partial charge in [-0.25, -0.2) is 0 Å². The molecule has 2 heterocycles. The topological polar surface area (TPSA) is 65.4 Å². The van der Waals surface area contributed by atoms with Crippen molar-refractivity contribution in [1.82, 2.24) is 15.1 Å². The van der Waals surface area contributed by atoms with Crippen molar-refractivity contribution in [2.24, 2.45) is 7.05 Å². The first-order valence-electron chi connectivity index (χ1n) is 7.98. The molecule has 6 nitrogen and oxygen atoms in total. The highest BCUT2D eigenvalue weighted by Crippen LogP contribution is 2.36. The van der Waals surface area contributed by atoms with Gasteiger partial charge in [-0.15, -0.1) is 0 Å². The molecule has 1 aliphatic heterocycles. The second kappa shape index (κ2) is 5.85. The molecule has 0 fully saturated rings. The minimum absolute atomic E-state index is 0.0908. The fourth-order valence-corrected chi connectivity index (χ4v) is 2.91. The van der Waals surface area contributed by atoms with Gasteiger partial charge in [-0.3, -0.25) is 9.48 Å². The first-order chi connectivity index (χ1) is 11.3. The molecular formula is C18H23N3O3. The number of nitrogens with zero attached hydrogens (tertiary/aromatic N) is 2. The summed E-state index contributed by atoms with van der Waals surface area (Å²) >= 11 is 0. The summed E-state index contributed by atoms with van der Waals surface area (Å²) < 4.78 is 12.5. The summed E-state index contributed by atoms with van der Waals surface area (Å²) in [6.45, 7) is 8.71. The predicted molar refractivity (Wildman–Crippen MR) is 90.6 cm³/mol. The summed E-state index contributed by atoms with van der Waals surface area (Å²) in [6, 6.07) is 5.91. The maximum Gasteiger partial charge on any atom is 0.255 e. The van der Waals surface area contributed by atoms with Crippen LogP contribution in [0.5, 0.6) is 11.5 Å². The molecule has 24 heavy (non-hydrogen) atoms. The zero-order valence-corrected chi connectivity index (χ0v) is 14.8. The second-order valence-corrected chi connectivity index (χ2v) is 6.80. The van der Waals surface area contributed by atoms with Gasteiger partial charge < -0.3 is 14.8 Å². The van der Waals surface area contributed by atoms with E-state index in [9.17, 15) is 4.79 Å². The van der Waals surface area contributed by atoms with Crippen molar-refractivity contribution in [3.63, 3.8) is 0 Å². The molecule has 2 aromatic rings. The van der Waals surface area contributed by atoms with E-state index in [1.165, 1.54) is 0 Å². The number of hydrogen-bond acceptors (Lipinski definition) is 4. The summed E-state index contributed by atoms with van der Waals surface area (Å²) in [6.07, 6.45) is 0. The third kappa shape index (κ3) is 2.84. The number of carbonyl (C=O) groups excluding carboxylic acids is 1. The van der Waals surface area contributed by atoms with Gasteiger partial charge in [-0.05, 0) is 31.5 Å². The Kier molecular flexibility index (Phi) is 3.99. The lowest BCUT2D eigenvalue weighted by Crippen LogP contribution is -2.37. The molecule has 1 amide bonds. The van der Waals surface area contributed by atoms with E-state index < -0.39 is 0 Å². The molecule has 0 atom stereocenters. The number of ether oxygens (including phenoxy) is 2. The Bertz CT molecular complexity index is 793. The quantitative estimate of drug-likeness (QED) is 0.936. The van der Waals surface area contributed by atoms with Crippen LogP contribution in [0.25, 0.3) is 0 Å². The van der Waals surface area contributed by atoms with E-state index in [-0.39, 0.29) is 18.1 Å². The lowest BCUT2D eigenvalue weighted by atomic mass is 9.84. The number of fused-ring (bicyclic) bond motifs is 1. The number of hydrogen-bond donors (Lipinski definition) is 1. The monoisotopic (exact) mass is 329 g/mol. The number of nitrogens with one attached hydrogen (secondary N) is 1. The summed E-state index contributed by atoms with van der Waals surface area (Å²) in [7, 11) is 1.84. The van der Waals surface area contributed by atoms with E-state index >= 15 is 0 Å². The second-order valence-electron chi connectivity index (χ2n) is 6.80. The molecule has 0 bridgehead atoms. The van der Waals surface area contributed by atoms with Gasteiger partial charge in [0.1, 0.15) is 0 Å². The third-order valence-corrected chi connectivity index (χ3v) is 4.58. The fourth-order valence-electron chi connectivity index (χ4n) is 2.91. The maximum atomic E-state index is 12.6. The third-order valence-electron chi connectivity index (χ3n) is 4.58. The summed E-state index contributed by atoms with van der Waals surface area (Å²) in [4.78, 5) is 12.6. The Morgan fingerprint density at radius 3 is 2.67 bits per heavy atom. The molecule has 3 rings (SSSR count). The standard InChI is InChI=1S/C18H23N3O3/c1-11-16(12(2)21(5)20-11)17(22)19-9-18(3,4)13-6-7-14-15(8-13)24-10-23-14/h6-8H,9-10H2,1-5H3,(H,19,22). The van der Waals surface area contributed by atoms with E-state index in [0.717, 1.165) is 28.5 Å². The van der Waals surface area contributed by atoms with Crippen LogP contribution < -0.4 is 14.8 Å². The molecule has 0 spiro atoms. The minimum atomic E-state index is -0.235. The maximum absolute atomic E-state index is 12.6. The zero-order chi connectivity index (χ0) is 17.5. The van der Waals surface area contributed by atoms with Gasteiger partial charge in [0.05, 0.1) is 11.3 Å². The van der Waals surface area contributed by atoms with E-state index in [2.05, 4.69) is 24.3 Å². The summed E-state index contributed by atoms with van der Waals surface area (Å²) in [5.41, 5.74) is 3.12. The number of aryl methyl sites for hydroxylation is 2. The van der Waals surface area contributed by atoms with Gasteiger partial charge in [-0.1, -0.05) is 19.9 Å². The van der Waals surface area contributed by atoms with Crippen LogP contribution >= 0.6 is 0 Å². The molecule has 128 valence electrons.